The van der Waals surface area contributed by atoms with Crippen LogP contribution in [0.2, 0.25) is 0 Å². The van der Waals surface area contributed by atoms with Crippen molar-refractivity contribution in [3.05, 3.63) is 0 Å². The van der Waals surface area contributed by atoms with Gasteiger partial charge in [-0.3, -0.25) is 9.79 Å². The highest BCUT2D eigenvalue weighted by Crippen LogP contribution is 2.39. The van der Waals surface area contributed by atoms with Crippen molar-refractivity contribution in [3.8, 4) is 0 Å². The monoisotopic (exact) mass is 484 g/mol. The number of aliphatic imine (C=N–C) groups is 1. The number of carbonyl (C=O) groups excluding carboxylic acids is 1. The largest absolute Gasteiger partial charge is 0.382 e. The number of methoxy groups -OCH3 is 1. The van der Waals surface area contributed by atoms with Crippen LogP contribution in [-0.2, 0) is 14.3 Å². The zero-order valence-corrected chi connectivity index (χ0v) is 19.1. The molecule has 1 amide bonds. The summed E-state index contributed by atoms with van der Waals surface area (Å²) >= 11 is 0. The fourth-order valence-corrected chi connectivity index (χ4v) is 3.16. The van der Waals surface area contributed by atoms with Gasteiger partial charge < -0.3 is 25.0 Å². The Morgan fingerprint density at radius 1 is 1.15 bits per heavy atom. The van der Waals surface area contributed by atoms with Crippen molar-refractivity contribution in [2.75, 3.05) is 60.7 Å². The van der Waals surface area contributed by atoms with E-state index in [9.17, 15) is 4.79 Å². The third kappa shape index (κ3) is 8.85. The van der Waals surface area contributed by atoms with Gasteiger partial charge in [0.25, 0.3) is 0 Å². The van der Waals surface area contributed by atoms with Gasteiger partial charge in [-0.25, -0.2) is 0 Å². The molecule has 1 saturated carbocycles. The van der Waals surface area contributed by atoms with Crippen molar-refractivity contribution in [1.29, 1.82) is 0 Å². The lowest BCUT2D eigenvalue weighted by Crippen LogP contribution is -2.43. The summed E-state index contributed by atoms with van der Waals surface area (Å²) in [5, 5.41) is 6.58. The zero-order chi connectivity index (χ0) is 18.5. The van der Waals surface area contributed by atoms with Gasteiger partial charge in [0.1, 0.15) is 0 Å². The van der Waals surface area contributed by atoms with E-state index in [0.717, 1.165) is 51.2 Å². The van der Waals surface area contributed by atoms with Gasteiger partial charge in [0.2, 0.25) is 5.91 Å². The summed E-state index contributed by atoms with van der Waals surface area (Å²) < 4.78 is 10.4. The van der Waals surface area contributed by atoms with Crippen LogP contribution in [0.1, 0.15) is 39.0 Å². The SMILES string of the molecule is CCNC(=NCC1(C(=O)N(C)C)CCCC1)NCCCOCCOC.I. The van der Waals surface area contributed by atoms with Crippen LogP contribution < -0.4 is 10.6 Å². The number of hydrogen-bond acceptors (Lipinski definition) is 4. The van der Waals surface area contributed by atoms with Crippen molar-refractivity contribution in [1.82, 2.24) is 15.5 Å². The summed E-state index contributed by atoms with van der Waals surface area (Å²) in [6, 6.07) is 0. The molecule has 26 heavy (non-hydrogen) atoms. The molecule has 7 nitrogen and oxygen atoms in total. The summed E-state index contributed by atoms with van der Waals surface area (Å²) in [6.07, 6.45) is 4.98. The van der Waals surface area contributed by atoms with Crippen LogP contribution in [0, 0.1) is 5.41 Å². The van der Waals surface area contributed by atoms with Gasteiger partial charge >= 0.3 is 0 Å². The van der Waals surface area contributed by atoms with Crippen LogP contribution in [0.5, 0.6) is 0 Å². The summed E-state index contributed by atoms with van der Waals surface area (Å²) in [7, 11) is 5.33. The van der Waals surface area contributed by atoms with E-state index >= 15 is 0 Å². The first-order valence-electron chi connectivity index (χ1n) is 9.36. The third-order valence-electron chi connectivity index (χ3n) is 4.49. The number of ether oxygens (including phenoxy) is 2. The average Bonchev–Trinajstić information content (AvgIpc) is 3.08. The van der Waals surface area contributed by atoms with Gasteiger partial charge in [-0.15, -0.1) is 24.0 Å². The molecule has 1 aliphatic rings. The Bertz CT molecular complexity index is 413. The second-order valence-electron chi connectivity index (χ2n) is 6.77. The Morgan fingerprint density at radius 3 is 2.42 bits per heavy atom. The zero-order valence-electron chi connectivity index (χ0n) is 16.8. The number of guanidine groups is 1. The van der Waals surface area contributed by atoms with Crippen molar-refractivity contribution in [2.45, 2.75) is 39.0 Å². The van der Waals surface area contributed by atoms with E-state index in [1.54, 1.807) is 12.0 Å². The predicted octanol–water partition coefficient (Wildman–Crippen LogP) is 1.86. The van der Waals surface area contributed by atoms with Gasteiger partial charge in [-0.2, -0.15) is 0 Å². The highest BCUT2D eigenvalue weighted by atomic mass is 127. The lowest BCUT2D eigenvalue weighted by Gasteiger charge is -2.29. The first-order chi connectivity index (χ1) is 12.1. The van der Waals surface area contributed by atoms with E-state index < -0.39 is 0 Å². The van der Waals surface area contributed by atoms with Crippen LogP contribution in [-0.4, -0.2) is 77.4 Å². The maximum absolute atomic E-state index is 12.6. The Labute approximate surface area is 175 Å². The van der Waals surface area contributed by atoms with Crippen molar-refractivity contribution >= 4 is 35.8 Å². The first kappa shape index (κ1) is 25.4. The minimum atomic E-state index is -0.324. The van der Waals surface area contributed by atoms with Crippen LogP contribution in [0.25, 0.3) is 0 Å². The molecule has 1 rings (SSSR count). The average molecular weight is 484 g/mol. The van der Waals surface area contributed by atoms with Crippen LogP contribution >= 0.6 is 24.0 Å². The molecule has 0 bridgehead atoms. The normalized spacial score (nSPS) is 16.1. The second-order valence-corrected chi connectivity index (χ2v) is 6.77. The number of amides is 1. The molecule has 0 aromatic heterocycles. The molecule has 0 radical (unpaired) electrons. The van der Waals surface area contributed by atoms with Gasteiger partial charge in [-0.05, 0) is 26.2 Å². The molecule has 0 saturated heterocycles. The van der Waals surface area contributed by atoms with Gasteiger partial charge in [0.15, 0.2) is 5.96 Å². The lowest BCUT2D eigenvalue weighted by atomic mass is 9.85. The molecule has 0 aromatic rings. The van der Waals surface area contributed by atoms with Gasteiger partial charge in [0, 0.05) is 40.9 Å². The maximum Gasteiger partial charge on any atom is 0.230 e. The Morgan fingerprint density at radius 2 is 1.85 bits per heavy atom. The number of halogens is 1. The molecule has 0 atom stereocenters. The molecule has 0 heterocycles. The van der Waals surface area contributed by atoms with E-state index in [4.69, 9.17) is 14.5 Å². The van der Waals surface area contributed by atoms with Crippen LogP contribution in [0.4, 0.5) is 0 Å². The van der Waals surface area contributed by atoms with E-state index in [0.29, 0.717) is 26.4 Å². The number of hydrogen-bond donors (Lipinski definition) is 2. The van der Waals surface area contributed by atoms with Crippen molar-refractivity contribution in [3.63, 3.8) is 0 Å². The number of nitrogens with zero attached hydrogens (tertiary/aromatic N) is 2. The highest BCUT2D eigenvalue weighted by molar-refractivity contribution is 14.0. The van der Waals surface area contributed by atoms with Crippen LogP contribution in [0.3, 0.4) is 0 Å². The minimum Gasteiger partial charge on any atom is -0.382 e. The lowest BCUT2D eigenvalue weighted by molar-refractivity contribution is -0.138. The quantitative estimate of drug-likeness (QED) is 0.203. The van der Waals surface area contributed by atoms with Gasteiger partial charge in [-0.1, -0.05) is 12.8 Å². The molecule has 0 spiro atoms. The smallest absolute Gasteiger partial charge is 0.230 e. The number of nitrogens with one attached hydrogen (secondary N) is 2. The van der Waals surface area contributed by atoms with Crippen molar-refractivity contribution < 1.29 is 14.3 Å². The molecule has 2 N–H and O–H groups in total. The molecule has 0 unspecified atom stereocenters. The van der Waals surface area contributed by atoms with Gasteiger partial charge in [0.05, 0.1) is 25.2 Å². The minimum absolute atomic E-state index is 0. The number of carbonyl (C=O) groups is 1. The van der Waals surface area contributed by atoms with Crippen LogP contribution in [0.15, 0.2) is 4.99 Å². The van der Waals surface area contributed by atoms with Crippen molar-refractivity contribution in [2.24, 2.45) is 10.4 Å². The third-order valence-corrected chi connectivity index (χ3v) is 4.49. The summed E-state index contributed by atoms with van der Waals surface area (Å²) in [5.74, 6) is 0.980. The Kier molecular flexibility index (Phi) is 14.1. The first-order valence-corrected chi connectivity index (χ1v) is 9.36. The Balaban J connectivity index is 0.00000625. The Hall–Kier alpha value is -0.610. The molecule has 1 fully saturated rings. The van der Waals surface area contributed by atoms with E-state index in [-0.39, 0.29) is 35.3 Å². The van der Waals surface area contributed by atoms with E-state index in [1.807, 2.05) is 21.0 Å². The molecule has 8 heteroatoms. The topological polar surface area (TPSA) is 75.2 Å². The summed E-state index contributed by atoms with van der Waals surface area (Å²) in [6.45, 7) is 6.11. The molecular formula is C18H37IN4O3. The maximum atomic E-state index is 12.6. The summed E-state index contributed by atoms with van der Waals surface area (Å²) in [5.41, 5.74) is -0.324. The highest BCUT2D eigenvalue weighted by Gasteiger charge is 2.41. The fraction of sp³-hybridized carbons (Fsp3) is 0.889. The second kappa shape index (κ2) is 14.4. The molecule has 154 valence electrons. The molecule has 0 aromatic carbocycles. The standard InChI is InChI=1S/C18H36N4O3.HI/c1-5-19-17(20-11-8-12-25-14-13-24-4)21-15-18(9-6-7-10-18)16(23)22(2)3;/h5-15H2,1-4H3,(H2,19,20,21);1H. The molecule has 0 aliphatic heterocycles. The predicted molar refractivity (Wildman–Crippen MR) is 116 cm³/mol. The van der Waals surface area contributed by atoms with E-state index in [1.165, 1.54) is 0 Å². The fourth-order valence-electron chi connectivity index (χ4n) is 3.16. The molecular weight excluding hydrogens is 447 g/mol. The molecule has 1 aliphatic carbocycles. The van der Waals surface area contributed by atoms with E-state index in [2.05, 4.69) is 10.6 Å². The number of rotatable bonds is 11. The summed E-state index contributed by atoms with van der Waals surface area (Å²) in [4.78, 5) is 19.0.